The van der Waals surface area contributed by atoms with E-state index >= 15 is 0 Å². The zero-order chi connectivity index (χ0) is 32.2. The number of carbonyl (C=O) groups is 1. The molecule has 45 heavy (non-hydrogen) atoms. The first-order valence-electron chi connectivity index (χ1n) is 16.5. The summed E-state index contributed by atoms with van der Waals surface area (Å²) in [6.45, 7) is 5.36. The fourth-order valence-corrected chi connectivity index (χ4v) is 7.19. The second-order valence-corrected chi connectivity index (χ2v) is 14.4. The minimum Gasteiger partial charge on any atom is -0.467 e. The Labute approximate surface area is 269 Å². The van der Waals surface area contributed by atoms with Crippen molar-refractivity contribution < 1.29 is 45.8 Å². The Kier molecular flexibility index (Phi) is 14.4. The van der Waals surface area contributed by atoms with Crippen LogP contribution in [0.5, 0.6) is 0 Å². The zero-order valence-corrected chi connectivity index (χ0v) is 28.1. The van der Waals surface area contributed by atoms with E-state index in [2.05, 4.69) is 37.0 Å². The lowest BCUT2D eigenvalue weighted by Gasteiger charge is -2.31. The average molecular weight is 653 g/mol. The van der Waals surface area contributed by atoms with Gasteiger partial charge in [0.15, 0.2) is 12.6 Å². The summed E-state index contributed by atoms with van der Waals surface area (Å²) in [5.74, 6) is 6.20. The molecule has 0 aromatic heterocycles. The highest BCUT2D eigenvalue weighted by atomic mass is 32.2. The summed E-state index contributed by atoms with van der Waals surface area (Å²) in [5, 5.41) is 0. The summed E-state index contributed by atoms with van der Waals surface area (Å²) >= 11 is 0. The molecule has 0 N–H and O–H groups in total. The minimum absolute atomic E-state index is 0.0178. The highest BCUT2D eigenvalue weighted by Crippen LogP contribution is 2.50. The van der Waals surface area contributed by atoms with Crippen molar-refractivity contribution in [3.8, 4) is 11.8 Å². The lowest BCUT2D eigenvalue weighted by molar-refractivity contribution is -0.193. The Morgan fingerprint density at radius 1 is 1.11 bits per heavy atom. The SMILES string of the molecule is CC#CCC(C)[C@@H](/C=C/[C@@H]1[C@H]2CC(C(COCC(=O)OC)COS(C)(=O)=O)=C[C@H]2C[C@H]1OC1CCCCO1)OC1CCCCO1. The Hall–Kier alpha value is -1.78. The molecule has 254 valence electrons. The Morgan fingerprint density at radius 2 is 1.84 bits per heavy atom. The van der Waals surface area contributed by atoms with Crippen LogP contribution in [-0.4, -0.2) is 85.6 Å². The van der Waals surface area contributed by atoms with Crippen molar-refractivity contribution >= 4 is 16.1 Å². The van der Waals surface area contributed by atoms with E-state index in [4.69, 9.17) is 32.6 Å². The smallest absolute Gasteiger partial charge is 0.331 e. The number of ether oxygens (including phenoxy) is 6. The third-order valence-corrected chi connectivity index (χ3v) is 9.81. The Morgan fingerprint density at radius 3 is 2.49 bits per heavy atom. The van der Waals surface area contributed by atoms with Gasteiger partial charge in [-0.15, -0.1) is 11.8 Å². The Bertz CT molecular complexity index is 1160. The van der Waals surface area contributed by atoms with Gasteiger partial charge < -0.3 is 28.4 Å². The van der Waals surface area contributed by atoms with E-state index in [9.17, 15) is 13.2 Å². The number of hydrogen-bond donors (Lipinski definition) is 0. The van der Waals surface area contributed by atoms with E-state index in [0.717, 1.165) is 82.8 Å². The number of hydrogen-bond acceptors (Lipinski definition) is 10. The third-order valence-electron chi connectivity index (χ3n) is 9.25. The molecule has 4 aliphatic rings. The molecular weight excluding hydrogens is 600 g/mol. The van der Waals surface area contributed by atoms with Crippen molar-refractivity contribution in [3.05, 3.63) is 23.8 Å². The van der Waals surface area contributed by atoms with Gasteiger partial charge in [0, 0.05) is 31.5 Å². The van der Waals surface area contributed by atoms with Crippen LogP contribution in [0.4, 0.5) is 0 Å². The molecule has 2 heterocycles. The normalized spacial score (nSPS) is 30.6. The van der Waals surface area contributed by atoms with Crippen LogP contribution in [0.15, 0.2) is 23.8 Å². The maximum absolute atomic E-state index is 11.8. The second-order valence-electron chi connectivity index (χ2n) is 12.7. The summed E-state index contributed by atoms with van der Waals surface area (Å²) < 4.78 is 64.3. The monoisotopic (exact) mass is 652 g/mol. The molecule has 1 saturated carbocycles. The number of rotatable bonds is 16. The maximum Gasteiger partial charge on any atom is 0.331 e. The van der Waals surface area contributed by atoms with Crippen LogP contribution in [0.25, 0.3) is 0 Å². The highest BCUT2D eigenvalue weighted by Gasteiger charge is 2.47. The average Bonchev–Trinajstić information content (AvgIpc) is 3.57. The van der Waals surface area contributed by atoms with Crippen LogP contribution in [0.1, 0.15) is 71.6 Å². The molecular formula is C34H52O10S. The van der Waals surface area contributed by atoms with Crippen molar-refractivity contribution in [3.63, 3.8) is 0 Å². The molecule has 0 spiro atoms. The number of fused-ring (bicyclic) bond motifs is 1. The van der Waals surface area contributed by atoms with Gasteiger partial charge in [-0.25, -0.2) is 4.79 Å². The summed E-state index contributed by atoms with van der Waals surface area (Å²) in [6, 6.07) is 0. The molecule has 4 unspecified atom stereocenters. The molecule has 9 atom stereocenters. The number of allylic oxidation sites excluding steroid dienone is 1. The quantitative estimate of drug-likeness (QED) is 0.0999. The topological polar surface area (TPSA) is 116 Å². The molecule has 4 rings (SSSR count). The zero-order valence-electron chi connectivity index (χ0n) is 27.3. The number of esters is 1. The fraction of sp³-hybridized carbons (Fsp3) is 0.794. The van der Waals surface area contributed by atoms with E-state index in [1.165, 1.54) is 7.11 Å². The molecule has 3 fully saturated rings. The van der Waals surface area contributed by atoms with Crippen molar-refractivity contribution in [1.82, 2.24) is 0 Å². The standard InChI is InChI=1S/C34H52O10S/c1-5-6-11-24(2)30(43-33-12-7-9-16-40-33)15-14-28-29-19-25(18-26(29)20-31(28)44-34-13-8-10-17-41-34)27(22-42-45(4,36)37)21-39-23-32(35)38-3/h14-15,18,24,26-31,33-34H,7-13,16-17,19-23H2,1-4H3/b15-14+/t24?,26-,27?,28+,29-,30+,31+,33?,34?/m0/s1. The summed E-state index contributed by atoms with van der Waals surface area (Å²) in [5.41, 5.74) is 1.08. The van der Waals surface area contributed by atoms with Gasteiger partial charge in [0.1, 0.15) is 6.61 Å². The predicted octanol–water partition coefficient (Wildman–Crippen LogP) is 4.78. The molecule has 2 aliphatic carbocycles. The molecule has 0 radical (unpaired) electrons. The minimum atomic E-state index is -3.65. The van der Waals surface area contributed by atoms with E-state index in [1.54, 1.807) is 0 Å². The summed E-state index contributed by atoms with van der Waals surface area (Å²) in [6.07, 6.45) is 15.5. The van der Waals surface area contributed by atoms with Gasteiger partial charge in [-0.2, -0.15) is 8.42 Å². The molecule has 0 aromatic carbocycles. The van der Waals surface area contributed by atoms with Gasteiger partial charge in [0.05, 0.1) is 38.8 Å². The van der Waals surface area contributed by atoms with E-state index in [-0.39, 0.29) is 74.2 Å². The van der Waals surface area contributed by atoms with Crippen molar-refractivity contribution in [2.24, 2.45) is 29.6 Å². The first kappa shape index (κ1) is 36.1. The first-order chi connectivity index (χ1) is 21.7. The van der Waals surface area contributed by atoms with E-state index < -0.39 is 16.1 Å². The van der Waals surface area contributed by atoms with Crippen molar-refractivity contribution in [2.45, 2.75) is 96.4 Å². The van der Waals surface area contributed by atoms with Crippen LogP contribution in [0.3, 0.4) is 0 Å². The van der Waals surface area contributed by atoms with Gasteiger partial charge in [-0.1, -0.05) is 30.7 Å². The van der Waals surface area contributed by atoms with Crippen molar-refractivity contribution in [1.29, 1.82) is 0 Å². The molecule has 11 heteroatoms. The Balaban J connectivity index is 1.53. The number of methoxy groups -OCH3 is 1. The predicted molar refractivity (Wildman–Crippen MR) is 168 cm³/mol. The molecule has 0 bridgehead atoms. The molecule has 0 amide bonds. The van der Waals surface area contributed by atoms with Crippen LogP contribution in [0.2, 0.25) is 0 Å². The van der Waals surface area contributed by atoms with Crippen molar-refractivity contribution in [2.75, 3.05) is 46.4 Å². The van der Waals surface area contributed by atoms with Crippen LogP contribution >= 0.6 is 0 Å². The maximum atomic E-state index is 11.8. The molecule has 2 saturated heterocycles. The molecule has 2 aliphatic heterocycles. The van der Waals surface area contributed by atoms with Gasteiger partial charge in [-0.3, -0.25) is 4.18 Å². The second kappa shape index (κ2) is 17.9. The summed E-state index contributed by atoms with van der Waals surface area (Å²) in [4.78, 5) is 11.6. The molecule has 10 nitrogen and oxygen atoms in total. The lowest BCUT2D eigenvalue weighted by atomic mass is 9.86. The van der Waals surface area contributed by atoms with E-state index in [0.29, 0.717) is 0 Å². The van der Waals surface area contributed by atoms with Crippen LogP contribution in [-0.2, 0) is 47.5 Å². The number of carbonyl (C=O) groups excluding carboxylic acids is 1. The highest BCUT2D eigenvalue weighted by molar-refractivity contribution is 7.85. The van der Waals surface area contributed by atoms with Crippen LogP contribution in [0, 0.1) is 41.4 Å². The summed E-state index contributed by atoms with van der Waals surface area (Å²) in [7, 11) is -2.35. The lowest BCUT2D eigenvalue weighted by Crippen LogP contribution is -2.32. The third kappa shape index (κ3) is 11.5. The largest absolute Gasteiger partial charge is 0.467 e. The molecule has 0 aromatic rings. The van der Waals surface area contributed by atoms with Gasteiger partial charge >= 0.3 is 5.97 Å². The van der Waals surface area contributed by atoms with Gasteiger partial charge in [-0.05, 0) is 76.0 Å². The van der Waals surface area contributed by atoms with Gasteiger partial charge in [0.2, 0.25) is 0 Å². The first-order valence-corrected chi connectivity index (χ1v) is 18.3. The van der Waals surface area contributed by atoms with E-state index in [1.807, 2.05) is 6.92 Å². The van der Waals surface area contributed by atoms with Crippen LogP contribution < -0.4 is 0 Å². The van der Waals surface area contributed by atoms with Gasteiger partial charge in [0.25, 0.3) is 10.1 Å². The fourth-order valence-electron chi connectivity index (χ4n) is 6.78.